The number of hydrogen-bond acceptors (Lipinski definition) is 8. The Labute approximate surface area is 433 Å². The number of ether oxygens (including phenoxy) is 2. The molecule has 0 bridgehead atoms. The van der Waals surface area contributed by atoms with Crippen LogP contribution >= 0.6 is 0 Å². The number of rotatable bonds is 54. The van der Waals surface area contributed by atoms with Crippen molar-refractivity contribution in [2.75, 3.05) is 13.2 Å². The molecule has 0 radical (unpaired) electrons. The minimum Gasteiger partial charge on any atom is -0.394 e. The summed E-state index contributed by atoms with van der Waals surface area (Å²) in [5.41, 5.74) is 0. The van der Waals surface area contributed by atoms with Gasteiger partial charge in [-0.05, 0) is 38.5 Å². The van der Waals surface area contributed by atoms with E-state index in [4.69, 9.17) is 9.47 Å². The fourth-order valence-electron chi connectivity index (χ4n) is 10.2. The molecule has 7 unspecified atom stereocenters. The number of unbranched alkanes of at least 4 members (excludes halogenated alkanes) is 42. The second kappa shape index (κ2) is 51.4. The second-order valence-electron chi connectivity index (χ2n) is 21.9. The Balaban J connectivity index is 2.04. The van der Waals surface area contributed by atoms with Crippen LogP contribution in [0.2, 0.25) is 0 Å². The summed E-state index contributed by atoms with van der Waals surface area (Å²) in [6.07, 6.45) is 57.1. The van der Waals surface area contributed by atoms with E-state index in [1.807, 2.05) is 0 Å². The molecule has 0 spiro atoms. The van der Waals surface area contributed by atoms with Gasteiger partial charge in [0.2, 0.25) is 5.91 Å². The Morgan fingerprint density at radius 1 is 0.471 bits per heavy atom. The van der Waals surface area contributed by atoms with Crippen LogP contribution in [0.5, 0.6) is 0 Å². The van der Waals surface area contributed by atoms with Crippen molar-refractivity contribution in [2.45, 2.75) is 358 Å². The first-order valence-electron chi connectivity index (χ1n) is 30.9. The molecule has 1 aliphatic rings. The van der Waals surface area contributed by atoms with Gasteiger partial charge in [0.25, 0.3) is 0 Å². The minimum atomic E-state index is -1.55. The lowest BCUT2D eigenvalue weighted by Crippen LogP contribution is -2.60. The van der Waals surface area contributed by atoms with Gasteiger partial charge in [-0.2, -0.15) is 0 Å². The molecule has 70 heavy (non-hydrogen) atoms. The third-order valence-corrected chi connectivity index (χ3v) is 15.1. The van der Waals surface area contributed by atoms with Crippen molar-refractivity contribution in [2.24, 2.45) is 0 Å². The van der Waals surface area contributed by atoms with Crippen molar-refractivity contribution in [3.8, 4) is 0 Å². The summed E-state index contributed by atoms with van der Waals surface area (Å²) in [5.74, 6) is -0.138. The van der Waals surface area contributed by atoms with Gasteiger partial charge in [-0.15, -0.1) is 0 Å². The SMILES string of the molecule is CCCCCCCCCC/C=C\CCCCCCCCCCCCCCCCCCCCCCCCCC(=O)NC(COC1OC(CO)C(O)C(O)C1O)C(O)CCCCCCCCCCCCCC. The molecule has 7 atom stereocenters. The van der Waals surface area contributed by atoms with Gasteiger partial charge >= 0.3 is 0 Å². The summed E-state index contributed by atoms with van der Waals surface area (Å²) >= 11 is 0. The van der Waals surface area contributed by atoms with Gasteiger partial charge in [-0.25, -0.2) is 0 Å². The molecule has 0 saturated carbocycles. The largest absolute Gasteiger partial charge is 0.394 e. The van der Waals surface area contributed by atoms with Crippen LogP contribution in [-0.4, -0.2) is 87.5 Å². The molecule has 1 amide bonds. The number of aliphatic hydroxyl groups excluding tert-OH is 5. The zero-order chi connectivity index (χ0) is 50.8. The van der Waals surface area contributed by atoms with Crippen LogP contribution in [0.25, 0.3) is 0 Å². The fourth-order valence-corrected chi connectivity index (χ4v) is 10.2. The van der Waals surface area contributed by atoms with Crippen molar-refractivity contribution in [1.29, 1.82) is 0 Å². The zero-order valence-corrected chi connectivity index (χ0v) is 46.3. The molecule has 9 heteroatoms. The number of amides is 1. The van der Waals surface area contributed by atoms with Crippen molar-refractivity contribution in [3.63, 3.8) is 0 Å². The minimum absolute atomic E-state index is 0.132. The van der Waals surface area contributed by atoms with Gasteiger partial charge < -0.3 is 40.3 Å². The molecular formula is C61H119NO8. The Hall–Kier alpha value is -1.07. The van der Waals surface area contributed by atoms with Crippen molar-refractivity contribution in [1.82, 2.24) is 5.32 Å². The molecule has 0 aromatic carbocycles. The molecular weight excluding hydrogens is 875 g/mol. The highest BCUT2D eigenvalue weighted by Gasteiger charge is 2.44. The van der Waals surface area contributed by atoms with Gasteiger partial charge in [0.15, 0.2) is 6.29 Å². The molecule has 1 aliphatic heterocycles. The van der Waals surface area contributed by atoms with Gasteiger partial charge in [-0.1, -0.05) is 283 Å². The van der Waals surface area contributed by atoms with E-state index >= 15 is 0 Å². The Morgan fingerprint density at radius 3 is 1.16 bits per heavy atom. The van der Waals surface area contributed by atoms with Crippen LogP contribution in [0.1, 0.15) is 316 Å². The Kier molecular flexibility index (Phi) is 49.2. The van der Waals surface area contributed by atoms with E-state index in [0.717, 1.165) is 38.5 Å². The van der Waals surface area contributed by atoms with Crippen LogP contribution in [0, 0.1) is 0 Å². The summed E-state index contributed by atoms with van der Waals surface area (Å²) in [6, 6.07) is -0.714. The first-order chi connectivity index (χ1) is 34.3. The molecule has 9 nitrogen and oxygen atoms in total. The lowest BCUT2D eigenvalue weighted by molar-refractivity contribution is -0.302. The average Bonchev–Trinajstić information content (AvgIpc) is 3.36. The van der Waals surface area contributed by atoms with Gasteiger partial charge in [-0.3, -0.25) is 4.79 Å². The summed E-state index contributed by atoms with van der Waals surface area (Å²) in [4.78, 5) is 13.1. The third-order valence-electron chi connectivity index (χ3n) is 15.1. The quantitative estimate of drug-likeness (QED) is 0.0261. The first kappa shape index (κ1) is 66.9. The van der Waals surface area contributed by atoms with E-state index in [9.17, 15) is 30.3 Å². The maximum atomic E-state index is 13.1. The Morgan fingerprint density at radius 2 is 0.800 bits per heavy atom. The van der Waals surface area contributed by atoms with E-state index < -0.39 is 49.5 Å². The number of nitrogens with one attached hydrogen (secondary N) is 1. The number of carbonyl (C=O) groups excluding carboxylic acids is 1. The number of hydrogen-bond donors (Lipinski definition) is 6. The smallest absolute Gasteiger partial charge is 0.220 e. The molecule has 1 heterocycles. The first-order valence-corrected chi connectivity index (χ1v) is 30.9. The average molecular weight is 995 g/mol. The molecule has 0 aliphatic carbocycles. The van der Waals surface area contributed by atoms with Gasteiger partial charge in [0.05, 0.1) is 25.4 Å². The number of aliphatic hydroxyl groups is 5. The molecule has 1 rings (SSSR count). The molecule has 416 valence electrons. The Bertz CT molecular complexity index is 1110. The topological polar surface area (TPSA) is 149 Å². The van der Waals surface area contributed by atoms with Crippen LogP contribution in [-0.2, 0) is 14.3 Å². The van der Waals surface area contributed by atoms with E-state index in [2.05, 4.69) is 31.3 Å². The van der Waals surface area contributed by atoms with Crippen molar-refractivity contribution >= 4 is 5.91 Å². The molecule has 6 N–H and O–H groups in total. The monoisotopic (exact) mass is 994 g/mol. The van der Waals surface area contributed by atoms with E-state index in [0.29, 0.717) is 12.8 Å². The van der Waals surface area contributed by atoms with Crippen molar-refractivity contribution in [3.05, 3.63) is 12.2 Å². The predicted octanol–water partition coefficient (Wildman–Crippen LogP) is 15.6. The van der Waals surface area contributed by atoms with E-state index in [1.165, 1.54) is 250 Å². The van der Waals surface area contributed by atoms with Crippen molar-refractivity contribution < 1.29 is 39.8 Å². The highest BCUT2D eigenvalue weighted by Crippen LogP contribution is 2.23. The third kappa shape index (κ3) is 40.3. The van der Waals surface area contributed by atoms with E-state index in [1.54, 1.807) is 0 Å². The van der Waals surface area contributed by atoms with Gasteiger partial charge in [0, 0.05) is 6.42 Å². The molecule has 0 aromatic rings. The number of carbonyl (C=O) groups is 1. The zero-order valence-electron chi connectivity index (χ0n) is 46.3. The fraction of sp³-hybridized carbons (Fsp3) is 0.951. The van der Waals surface area contributed by atoms with Crippen LogP contribution in [0.4, 0.5) is 0 Å². The van der Waals surface area contributed by atoms with Crippen LogP contribution < -0.4 is 5.32 Å². The normalized spacial score (nSPS) is 19.3. The van der Waals surface area contributed by atoms with Crippen LogP contribution in [0.3, 0.4) is 0 Å². The predicted molar refractivity (Wildman–Crippen MR) is 295 cm³/mol. The second-order valence-corrected chi connectivity index (χ2v) is 21.9. The van der Waals surface area contributed by atoms with Gasteiger partial charge in [0.1, 0.15) is 24.4 Å². The summed E-state index contributed by atoms with van der Waals surface area (Å²) < 4.78 is 11.3. The van der Waals surface area contributed by atoms with E-state index in [-0.39, 0.29) is 12.5 Å². The highest BCUT2D eigenvalue weighted by atomic mass is 16.7. The number of allylic oxidation sites excluding steroid dienone is 2. The lowest BCUT2D eigenvalue weighted by Gasteiger charge is -2.40. The maximum Gasteiger partial charge on any atom is 0.220 e. The standard InChI is InChI=1S/C61H119NO8/c1-3-5-7-9-11-13-15-17-18-19-20-21-22-23-24-25-26-27-28-29-30-31-32-33-34-35-36-37-38-39-41-43-45-47-49-51-57(65)62-54(53-69-61-60(68)59(67)58(66)56(52-63)70-61)55(64)50-48-46-44-42-40-16-14-12-10-8-6-4-2/h19-20,54-56,58-61,63-64,66-68H,3-18,21-53H2,1-2H3,(H,62,65)/b20-19-. The van der Waals surface area contributed by atoms with Crippen LogP contribution in [0.15, 0.2) is 12.2 Å². The maximum absolute atomic E-state index is 13.1. The summed E-state index contributed by atoms with van der Waals surface area (Å²) in [7, 11) is 0. The highest BCUT2D eigenvalue weighted by molar-refractivity contribution is 5.76. The lowest BCUT2D eigenvalue weighted by atomic mass is 9.99. The summed E-state index contributed by atoms with van der Waals surface area (Å²) in [5, 5.41) is 54.6. The summed E-state index contributed by atoms with van der Waals surface area (Å²) in [6.45, 7) is 3.86. The molecule has 0 aromatic heterocycles. The molecule has 1 fully saturated rings. The molecule has 1 saturated heterocycles.